The van der Waals surface area contributed by atoms with E-state index in [-0.39, 0.29) is 5.25 Å². The van der Waals surface area contributed by atoms with E-state index in [1.807, 2.05) is 19.1 Å². The lowest BCUT2D eigenvalue weighted by molar-refractivity contribution is -0.134. The number of nitrogens with one attached hydrogen (secondary N) is 1. The molecule has 1 aromatic carbocycles. The molecule has 0 aromatic heterocycles. The van der Waals surface area contributed by atoms with Crippen LogP contribution in [0.1, 0.15) is 18.4 Å². The molecule has 8 heteroatoms. The summed E-state index contributed by atoms with van der Waals surface area (Å²) in [7, 11) is -3.14. The van der Waals surface area contributed by atoms with Crippen LogP contribution in [0.25, 0.3) is 0 Å². The van der Waals surface area contributed by atoms with Crippen LogP contribution in [0.2, 0.25) is 0 Å². The molecule has 3 N–H and O–H groups in total. The van der Waals surface area contributed by atoms with Crippen LogP contribution >= 0.6 is 0 Å². The number of rotatable bonds is 4. The average Bonchev–Trinajstić information content (AvgIpc) is 2.55. The Balaban J connectivity index is 0.000000307. The fourth-order valence-electron chi connectivity index (χ4n) is 2.15. The molecule has 1 saturated heterocycles. The molecule has 1 heterocycles. The van der Waals surface area contributed by atoms with Gasteiger partial charge in [0.25, 0.3) is 0 Å². The second kappa shape index (κ2) is 9.19. The molecule has 2 rings (SSSR count). The predicted octanol–water partition coefficient (Wildman–Crippen LogP) is 1.23. The van der Waals surface area contributed by atoms with E-state index in [4.69, 9.17) is 10.2 Å². The number of carboxylic acid groups (broad SMARTS) is 2. The van der Waals surface area contributed by atoms with Crippen LogP contribution < -0.4 is 5.32 Å². The maximum atomic E-state index is 12.3. The minimum atomic E-state index is -3.14. The number of benzene rings is 1. The van der Waals surface area contributed by atoms with Crippen molar-refractivity contribution in [2.24, 2.45) is 0 Å². The topological polar surface area (TPSA) is 121 Å². The molecule has 1 aliphatic heterocycles. The number of sulfone groups is 1. The first-order chi connectivity index (χ1) is 11.2. The Labute approximate surface area is 140 Å². The number of piperidine rings is 1. The smallest absolute Gasteiger partial charge is 0.328 e. The third-order valence-electron chi connectivity index (χ3n) is 3.41. The first kappa shape index (κ1) is 19.9. The summed E-state index contributed by atoms with van der Waals surface area (Å²) in [5.41, 5.74) is 1.08. The predicted molar refractivity (Wildman–Crippen MR) is 88.7 cm³/mol. The largest absolute Gasteiger partial charge is 0.478 e. The van der Waals surface area contributed by atoms with Crippen molar-refractivity contribution < 1.29 is 28.2 Å². The summed E-state index contributed by atoms with van der Waals surface area (Å²) in [5, 5.41) is 18.5. The van der Waals surface area contributed by atoms with Gasteiger partial charge in [0, 0.05) is 18.7 Å². The fraction of sp³-hybridized carbons (Fsp3) is 0.375. The van der Waals surface area contributed by atoms with E-state index < -0.39 is 21.8 Å². The lowest BCUT2D eigenvalue weighted by atomic mass is 10.2. The molecule has 1 fully saturated rings. The van der Waals surface area contributed by atoms with Crippen molar-refractivity contribution in [1.29, 1.82) is 0 Å². The van der Waals surface area contributed by atoms with Gasteiger partial charge in [0.15, 0.2) is 9.84 Å². The van der Waals surface area contributed by atoms with Crippen LogP contribution in [0, 0.1) is 6.92 Å². The zero-order chi connectivity index (χ0) is 18.2. The second-order valence-electron chi connectivity index (χ2n) is 5.34. The number of carbonyl (C=O) groups is 2. The van der Waals surface area contributed by atoms with Gasteiger partial charge in [0.2, 0.25) is 0 Å². The zero-order valence-electron chi connectivity index (χ0n) is 13.3. The average molecular weight is 355 g/mol. The third kappa shape index (κ3) is 6.51. The van der Waals surface area contributed by atoms with Crippen LogP contribution in [-0.4, -0.2) is 48.9 Å². The molecule has 0 bridgehead atoms. The van der Waals surface area contributed by atoms with Crippen LogP contribution in [0.3, 0.4) is 0 Å². The summed E-state index contributed by atoms with van der Waals surface area (Å²) >= 11 is 0. The molecule has 1 aliphatic rings. The van der Waals surface area contributed by atoms with Crippen LogP contribution in [0.4, 0.5) is 0 Å². The molecule has 1 unspecified atom stereocenters. The molecule has 7 nitrogen and oxygen atoms in total. The highest BCUT2D eigenvalue weighted by molar-refractivity contribution is 7.92. The molecule has 24 heavy (non-hydrogen) atoms. The van der Waals surface area contributed by atoms with Crippen molar-refractivity contribution in [1.82, 2.24) is 5.32 Å². The zero-order valence-corrected chi connectivity index (χ0v) is 14.1. The molecular formula is C16H21NO6S. The van der Waals surface area contributed by atoms with Gasteiger partial charge in [-0.3, -0.25) is 0 Å². The third-order valence-corrected chi connectivity index (χ3v) is 5.62. The van der Waals surface area contributed by atoms with E-state index in [0.29, 0.717) is 23.6 Å². The lowest BCUT2D eigenvalue weighted by Crippen LogP contribution is -2.38. The van der Waals surface area contributed by atoms with Crippen LogP contribution in [-0.2, 0) is 19.4 Å². The van der Waals surface area contributed by atoms with Crippen LogP contribution in [0.15, 0.2) is 41.3 Å². The quantitative estimate of drug-likeness (QED) is 0.695. The monoisotopic (exact) mass is 355 g/mol. The van der Waals surface area contributed by atoms with Crippen molar-refractivity contribution in [2.45, 2.75) is 29.9 Å². The summed E-state index contributed by atoms with van der Waals surface area (Å²) in [5.74, 6) is -2.51. The van der Waals surface area contributed by atoms with Gasteiger partial charge in [-0.05, 0) is 38.4 Å². The lowest BCUT2D eigenvalue weighted by Gasteiger charge is -2.22. The Morgan fingerprint density at radius 3 is 2.08 bits per heavy atom. The highest BCUT2D eigenvalue weighted by Crippen LogP contribution is 2.21. The fourth-order valence-corrected chi connectivity index (χ4v) is 3.86. The Hall–Kier alpha value is -2.19. The van der Waals surface area contributed by atoms with Gasteiger partial charge in [-0.2, -0.15) is 0 Å². The highest BCUT2D eigenvalue weighted by atomic mass is 32.2. The molecule has 1 aromatic rings. The molecule has 0 aliphatic carbocycles. The Bertz CT molecular complexity index is 672. The van der Waals surface area contributed by atoms with E-state index in [1.165, 1.54) is 0 Å². The van der Waals surface area contributed by atoms with E-state index in [9.17, 15) is 18.0 Å². The molecule has 0 radical (unpaired) electrons. The summed E-state index contributed by atoms with van der Waals surface area (Å²) in [6, 6.07) is 7.12. The number of aliphatic carboxylic acids is 2. The molecular weight excluding hydrogens is 334 g/mol. The minimum absolute atomic E-state index is 0.260. The Morgan fingerprint density at radius 1 is 1.12 bits per heavy atom. The molecule has 0 saturated carbocycles. The summed E-state index contributed by atoms with van der Waals surface area (Å²) in [6.07, 6.45) is 2.82. The van der Waals surface area contributed by atoms with Crippen molar-refractivity contribution >= 4 is 21.8 Å². The van der Waals surface area contributed by atoms with Crippen molar-refractivity contribution in [3.8, 4) is 0 Å². The maximum Gasteiger partial charge on any atom is 0.328 e. The number of hydrogen-bond acceptors (Lipinski definition) is 5. The van der Waals surface area contributed by atoms with Gasteiger partial charge in [-0.25, -0.2) is 18.0 Å². The highest BCUT2D eigenvalue weighted by Gasteiger charge is 2.28. The van der Waals surface area contributed by atoms with Crippen molar-refractivity contribution in [3.05, 3.63) is 42.0 Å². The van der Waals surface area contributed by atoms with Crippen LogP contribution in [0.5, 0.6) is 0 Å². The number of carboxylic acids is 2. The van der Waals surface area contributed by atoms with E-state index >= 15 is 0 Å². The van der Waals surface area contributed by atoms with E-state index in [0.717, 1.165) is 24.9 Å². The van der Waals surface area contributed by atoms with Crippen molar-refractivity contribution in [3.63, 3.8) is 0 Å². The summed E-state index contributed by atoms with van der Waals surface area (Å²) < 4.78 is 24.5. The Morgan fingerprint density at radius 2 is 1.67 bits per heavy atom. The normalized spacial score (nSPS) is 17.8. The van der Waals surface area contributed by atoms with Gasteiger partial charge in [-0.15, -0.1) is 0 Å². The molecule has 0 spiro atoms. The minimum Gasteiger partial charge on any atom is -0.478 e. The molecule has 132 valence electrons. The second-order valence-corrected chi connectivity index (χ2v) is 7.56. The van der Waals surface area contributed by atoms with Gasteiger partial charge >= 0.3 is 11.9 Å². The first-order valence-electron chi connectivity index (χ1n) is 7.38. The maximum absolute atomic E-state index is 12.3. The molecule has 1 atom stereocenters. The van der Waals surface area contributed by atoms with Gasteiger partial charge < -0.3 is 15.5 Å². The Kier molecular flexibility index (Phi) is 7.60. The van der Waals surface area contributed by atoms with Crippen molar-refractivity contribution in [2.75, 3.05) is 13.1 Å². The standard InChI is InChI=1S/C12H17NO2S.C4H4O4/c1-10-4-6-11(7-5-10)16(14,15)12-3-2-8-13-9-12;5-3(6)1-2-4(7)8/h4-7,12-13H,2-3,8-9H2,1H3;1-2H,(H,5,6)(H,7,8). The van der Waals surface area contributed by atoms with Gasteiger partial charge in [-0.1, -0.05) is 17.7 Å². The number of aryl methyl sites for hydroxylation is 1. The first-order valence-corrected chi connectivity index (χ1v) is 8.93. The van der Waals surface area contributed by atoms with E-state index in [1.54, 1.807) is 12.1 Å². The molecule has 0 amide bonds. The number of hydrogen-bond donors (Lipinski definition) is 3. The van der Waals surface area contributed by atoms with E-state index in [2.05, 4.69) is 5.32 Å². The summed E-state index contributed by atoms with van der Waals surface area (Å²) in [6.45, 7) is 3.47. The van der Waals surface area contributed by atoms with Gasteiger partial charge in [0.05, 0.1) is 10.1 Å². The van der Waals surface area contributed by atoms with Gasteiger partial charge in [0.1, 0.15) is 0 Å². The SMILES string of the molecule is Cc1ccc(S(=O)(=O)C2CCCNC2)cc1.O=C(O)C=CC(=O)O. The summed E-state index contributed by atoms with van der Waals surface area (Å²) in [4.78, 5) is 19.6.